The van der Waals surface area contributed by atoms with Gasteiger partial charge in [-0.25, -0.2) is 0 Å². The summed E-state index contributed by atoms with van der Waals surface area (Å²) < 4.78 is 0. The molecular weight excluding hydrogens is 318 g/mol. The first-order chi connectivity index (χ1) is 12.7. The lowest BCUT2D eigenvalue weighted by atomic mass is 10.3. The zero-order valence-electron chi connectivity index (χ0n) is 17.2. The van der Waals surface area contributed by atoms with Crippen molar-refractivity contribution in [2.75, 3.05) is 6.54 Å². The number of rotatable bonds is 5. The van der Waals surface area contributed by atoms with Crippen molar-refractivity contribution < 1.29 is 0 Å². The zero-order chi connectivity index (χ0) is 20.5. The van der Waals surface area contributed by atoms with E-state index in [2.05, 4.69) is 35.0 Å². The third-order valence-electron chi connectivity index (χ3n) is 2.35. The molecule has 0 saturated heterocycles. The van der Waals surface area contributed by atoms with Crippen molar-refractivity contribution in [1.29, 1.82) is 0 Å². The molecule has 1 aliphatic rings. The van der Waals surface area contributed by atoms with E-state index in [1.165, 1.54) is 0 Å². The van der Waals surface area contributed by atoms with Crippen LogP contribution in [0.1, 0.15) is 34.6 Å². The Kier molecular flexibility index (Phi) is 29.4. The van der Waals surface area contributed by atoms with E-state index in [9.17, 15) is 0 Å². The van der Waals surface area contributed by atoms with Crippen molar-refractivity contribution in [2.45, 2.75) is 40.7 Å². The van der Waals surface area contributed by atoms with Crippen molar-refractivity contribution in [3.63, 3.8) is 0 Å². The van der Waals surface area contributed by atoms with Gasteiger partial charge < -0.3 is 5.32 Å². The van der Waals surface area contributed by atoms with Crippen LogP contribution in [-0.4, -0.2) is 25.1 Å². The monoisotopic (exact) mass is 355 g/mol. The molecule has 1 heterocycles. The van der Waals surface area contributed by atoms with Gasteiger partial charge in [-0.1, -0.05) is 95.5 Å². The first-order valence-electron chi connectivity index (χ1n) is 9.05. The van der Waals surface area contributed by atoms with Crippen molar-refractivity contribution in [3.8, 4) is 0 Å². The van der Waals surface area contributed by atoms with Crippen molar-refractivity contribution in [3.05, 3.63) is 86.2 Å². The van der Waals surface area contributed by atoms with Crippen LogP contribution in [0.2, 0.25) is 0 Å². The summed E-state index contributed by atoms with van der Waals surface area (Å²) >= 11 is 0. The molecule has 0 aromatic heterocycles. The van der Waals surface area contributed by atoms with Crippen LogP contribution >= 0.6 is 0 Å². The lowest BCUT2D eigenvalue weighted by molar-refractivity contribution is 1.04. The van der Waals surface area contributed by atoms with Gasteiger partial charge in [0, 0.05) is 11.9 Å². The van der Waals surface area contributed by atoms with E-state index in [0.717, 1.165) is 12.2 Å². The van der Waals surface area contributed by atoms with Crippen LogP contribution in [0.5, 0.6) is 0 Å². The minimum Gasteiger partial charge on any atom is -0.350 e. The molecule has 1 atom stereocenters. The van der Waals surface area contributed by atoms with Gasteiger partial charge in [-0.05, 0) is 13.0 Å². The highest BCUT2D eigenvalue weighted by Crippen LogP contribution is 1.93. The number of hydrogen-bond acceptors (Lipinski definition) is 3. The highest BCUT2D eigenvalue weighted by Gasteiger charge is 1.89. The quantitative estimate of drug-likeness (QED) is 0.354. The largest absolute Gasteiger partial charge is 0.350 e. The molecule has 0 amide bonds. The summed E-state index contributed by atoms with van der Waals surface area (Å²) in [6.45, 7) is 21.4. The fourth-order valence-corrected chi connectivity index (χ4v) is 1.25. The molecule has 1 N–H and O–H groups in total. The summed E-state index contributed by atoms with van der Waals surface area (Å²) in [5.74, 6) is 0. The Balaban J connectivity index is -0.000000341. The number of allylic oxidation sites excluding steroid dienone is 8. The fourth-order valence-electron chi connectivity index (χ4n) is 1.25. The van der Waals surface area contributed by atoms with E-state index in [-0.39, 0.29) is 6.04 Å². The number of nitrogens with zero attached hydrogens (tertiary/aromatic N) is 2. The predicted molar refractivity (Wildman–Crippen MR) is 123 cm³/mol. The molecule has 1 rings (SSSR count). The van der Waals surface area contributed by atoms with Crippen molar-refractivity contribution >= 4 is 12.6 Å². The Morgan fingerprint density at radius 1 is 1.08 bits per heavy atom. The second-order valence-electron chi connectivity index (χ2n) is 4.18. The molecule has 1 aliphatic heterocycles. The third kappa shape index (κ3) is 23.6. The summed E-state index contributed by atoms with van der Waals surface area (Å²) in [4.78, 5) is 8.19. The van der Waals surface area contributed by atoms with Gasteiger partial charge in [0.05, 0.1) is 18.9 Å². The maximum absolute atomic E-state index is 4.10. The van der Waals surface area contributed by atoms with E-state index in [1.807, 2.05) is 77.2 Å². The molecule has 3 heteroatoms. The van der Waals surface area contributed by atoms with Gasteiger partial charge in [0.1, 0.15) is 0 Å². The Labute approximate surface area is 161 Å². The van der Waals surface area contributed by atoms with Crippen LogP contribution in [0.4, 0.5) is 0 Å². The summed E-state index contributed by atoms with van der Waals surface area (Å²) in [6, 6.07) is 0.0333. The van der Waals surface area contributed by atoms with Gasteiger partial charge in [0.2, 0.25) is 0 Å². The summed E-state index contributed by atoms with van der Waals surface area (Å²) in [5.41, 5.74) is 1.10. The van der Waals surface area contributed by atoms with Gasteiger partial charge >= 0.3 is 0 Å². The predicted octanol–water partition coefficient (Wildman–Crippen LogP) is 6.23. The van der Waals surface area contributed by atoms with Crippen LogP contribution in [0, 0.1) is 0 Å². The Bertz CT molecular complexity index is 486. The second-order valence-corrected chi connectivity index (χ2v) is 4.18. The zero-order valence-corrected chi connectivity index (χ0v) is 17.2. The highest BCUT2D eigenvalue weighted by molar-refractivity contribution is 5.70. The Morgan fingerprint density at radius 3 is 2.35 bits per heavy atom. The first-order valence-corrected chi connectivity index (χ1v) is 9.05. The minimum atomic E-state index is 0.0333. The maximum Gasteiger partial charge on any atom is 0.0869 e. The van der Waals surface area contributed by atoms with Crippen LogP contribution in [0.25, 0.3) is 0 Å². The van der Waals surface area contributed by atoms with E-state index in [0.29, 0.717) is 0 Å². The normalized spacial score (nSPS) is 16.0. The van der Waals surface area contributed by atoms with Crippen LogP contribution in [0.15, 0.2) is 96.2 Å². The molecule has 0 radical (unpaired) electrons. The second kappa shape index (κ2) is 27.2. The van der Waals surface area contributed by atoms with E-state index in [1.54, 1.807) is 30.8 Å². The van der Waals surface area contributed by atoms with Gasteiger partial charge in [0.15, 0.2) is 0 Å². The van der Waals surface area contributed by atoms with Crippen LogP contribution < -0.4 is 5.32 Å². The van der Waals surface area contributed by atoms with E-state index >= 15 is 0 Å². The number of hydrogen-bond donors (Lipinski definition) is 1. The molecule has 0 aliphatic carbocycles. The molecule has 0 spiro atoms. The van der Waals surface area contributed by atoms with Gasteiger partial charge in [-0.2, -0.15) is 0 Å². The van der Waals surface area contributed by atoms with Gasteiger partial charge in [-0.3, -0.25) is 9.98 Å². The minimum absolute atomic E-state index is 0.0333. The summed E-state index contributed by atoms with van der Waals surface area (Å²) in [7, 11) is 0. The summed E-state index contributed by atoms with van der Waals surface area (Å²) in [6.07, 6.45) is 22.2. The maximum atomic E-state index is 4.10. The van der Waals surface area contributed by atoms with Gasteiger partial charge in [-0.15, -0.1) is 6.58 Å². The third-order valence-corrected chi connectivity index (χ3v) is 2.35. The fraction of sp³-hybridized carbons (Fsp3) is 0.304. The topological polar surface area (TPSA) is 36.8 Å². The Morgan fingerprint density at radius 2 is 1.77 bits per heavy atom. The average Bonchev–Trinajstić information content (AvgIpc) is 2.71. The molecule has 0 aromatic carbocycles. The van der Waals surface area contributed by atoms with E-state index in [4.69, 9.17) is 0 Å². The first kappa shape index (κ1) is 28.1. The standard InChI is InChI=1S/C10H13N.C9H12N2.2C2H6/c1-4-7-8-10(6-3)11-9-5-2;1-9-6-4-2-3-5-7-10-8-11-9;2*1-2/h4-10H,1-3H2;2-6,8H,7H2,1H3,(H,10,11);2*1-2H3/b8-7-,11-9?;4-2-,5-3-,9-6?;;. The number of aliphatic imine (C=N–C) groups is 2. The molecule has 0 fully saturated rings. The molecular formula is C23H37N3. The van der Waals surface area contributed by atoms with E-state index < -0.39 is 0 Å². The lowest BCUT2D eigenvalue weighted by Gasteiger charge is -1.97. The molecule has 26 heavy (non-hydrogen) atoms. The smallest absolute Gasteiger partial charge is 0.0869 e. The molecule has 0 bridgehead atoms. The average molecular weight is 356 g/mol. The molecule has 0 saturated carbocycles. The van der Waals surface area contributed by atoms with Crippen LogP contribution in [0.3, 0.4) is 0 Å². The molecule has 3 nitrogen and oxygen atoms in total. The lowest BCUT2D eigenvalue weighted by Crippen LogP contribution is -2.07. The molecule has 0 aromatic rings. The summed E-state index contributed by atoms with van der Waals surface area (Å²) in [5, 5.41) is 3.04. The van der Waals surface area contributed by atoms with Crippen molar-refractivity contribution in [2.24, 2.45) is 9.98 Å². The number of nitrogens with one attached hydrogen (secondary N) is 1. The van der Waals surface area contributed by atoms with Gasteiger partial charge in [0.25, 0.3) is 0 Å². The molecule has 144 valence electrons. The van der Waals surface area contributed by atoms with Crippen molar-refractivity contribution in [1.82, 2.24) is 5.32 Å². The SMILES string of the molecule is C=CC=NC(C=C)/C=C\C=C.CC.CC.CC1=C/C=C\C=C/CN=CN1. The highest BCUT2D eigenvalue weighted by atomic mass is 14.9. The molecule has 1 unspecified atom stereocenters. The van der Waals surface area contributed by atoms with Crippen LogP contribution in [-0.2, 0) is 0 Å². The Hall–Kier alpha value is -2.68.